The maximum atomic E-state index is 4.77. The van der Waals surface area contributed by atoms with Gasteiger partial charge >= 0.3 is 0 Å². The van der Waals surface area contributed by atoms with Gasteiger partial charge in [-0.3, -0.25) is 0 Å². The largest absolute Gasteiger partial charge is 0.333 e. The standard InChI is InChI=1S/C14H22N4S/c1-5-16-13(12-7-15-9-18(12)6-2)14-17-11(8-19-14)10(3)4/h7-10,13,16H,5-6H2,1-4H3. The van der Waals surface area contributed by atoms with Crippen molar-refractivity contribution in [3.63, 3.8) is 0 Å². The molecule has 0 radical (unpaired) electrons. The summed E-state index contributed by atoms with van der Waals surface area (Å²) in [7, 11) is 0. The molecule has 2 aromatic heterocycles. The van der Waals surface area contributed by atoms with Crippen molar-refractivity contribution >= 4 is 11.3 Å². The topological polar surface area (TPSA) is 42.7 Å². The fourth-order valence-electron chi connectivity index (χ4n) is 2.06. The van der Waals surface area contributed by atoms with Gasteiger partial charge in [-0.25, -0.2) is 9.97 Å². The van der Waals surface area contributed by atoms with E-state index in [0.717, 1.165) is 18.1 Å². The number of aromatic nitrogens is 3. The van der Waals surface area contributed by atoms with Gasteiger partial charge in [0.2, 0.25) is 0 Å². The minimum atomic E-state index is 0.143. The first-order chi connectivity index (χ1) is 9.17. The molecule has 2 heterocycles. The van der Waals surface area contributed by atoms with Gasteiger partial charge in [0.1, 0.15) is 11.0 Å². The van der Waals surface area contributed by atoms with Crippen LogP contribution < -0.4 is 5.32 Å². The smallest absolute Gasteiger partial charge is 0.116 e. The molecule has 0 aliphatic rings. The molecule has 0 spiro atoms. The quantitative estimate of drug-likeness (QED) is 0.882. The summed E-state index contributed by atoms with van der Waals surface area (Å²) in [6.45, 7) is 10.5. The fraction of sp³-hybridized carbons (Fsp3) is 0.571. The number of hydrogen-bond donors (Lipinski definition) is 1. The molecule has 0 aromatic carbocycles. The van der Waals surface area contributed by atoms with Crippen molar-refractivity contribution in [3.8, 4) is 0 Å². The molecule has 19 heavy (non-hydrogen) atoms. The van der Waals surface area contributed by atoms with Crippen molar-refractivity contribution in [2.75, 3.05) is 6.54 Å². The lowest BCUT2D eigenvalue weighted by Crippen LogP contribution is -2.24. The van der Waals surface area contributed by atoms with E-state index in [9.17, 15) is 0 Å². The van der Waals surface area contributed by atoms with Crippen LogP contribution in [0.4, 0.5) is 0 Å². The zero-order valence-corrected chi connectivity index (χ0v) is 12.9. The Morgan fingerprint density at radius 2 is 2.16 bits per heavy atom. The highest BCUT2D eigenvalue weighted by Gasteiger charge is 2.20. The Labute approximate surface area is 118 Å². The zero-order valence-electron chi connectivity index (χ0n) is 12.1. The SMILES string of the molecule is CCNC(c1nc(C(C)C)cs1)c1cncn1CC. The highest BCUT2D eigenvalue weighted by atomic mass is 32.1. The molecule has 1 N–H and O–H groups in total. The van der Waals surface area contributed by atoms with Crippen LogP contribution in [0.2, 0.25) is 0 Å². The molecular weight excluding hydrogens is 256 g/mol. The summed E-state index contributed by atoms with van der Waals surface area (Å²) in [6.07, 6.45) is 3.82. The number of imidazole rings is 1. The third kappa shape index (κ3) is 3.04. The van der Waals surface area contributed by atoms with Crippen molar-refractivity contribution in [3.05, 3.63) is 34.3 Å². The van der Waals surface area contributed by atoms with E-state index in [1.807, 2.05) is 12.5 Å². The number of thiazole rings is 1. The molecule has 0 fully saturated rings. The number of nitrogens with zero attached hydrogens (tertiary/aromatic N) is 3. The van der Waals surface area contributed by atoms with Crippen molar-refractivity contribution in [1.29, 1.82) is 0 Å². The van der Waals surface area contributed by atoms with Crippen molar-refractivity contribution in [2.45, 2.75) is 46.2 Å². The van der Waals surface area contributed by atoms with Crippen molar-refractivity contribution < 1.29 is 0 Å². The highest BCUT2D eigenvalue weighted by molar-refractivity contribution is 7.09. The van der Waals surface area contributed by atoms with Crippen LogP contribution in [0.25, 0.3) is 0 Å². The number of aryl methyl sites for hydroxylation is 1. The van der Waals surface area contributed by atoms with Crippen molar-refractivity contribution in [2.24, 2.45) is 0 Å². The van der Waals surface area contributed by atoms with Crippen LogP contribution in [0.15, 0.2) is 17.9 Å². The van der Waals surface area contributed by atoms with Crippen LogP contribution in [0.5, 0.6) is 0 Å². The van der Waals surface area contributed by atoms with Gasteiger partial charge in [0, 0.05) is 11.9 Å². The summed E-state index contributed by atoms with van der Waals surface area (Å²) >= 11 is 1.73. The maximum absolute atomic E-state index is 4.77. The second-order valence-electron chi connectivity index (χ2n) is 4.86. The molecule has 5 heteroatoms. The van der Waals surface area contributed by atoms with Gasteiger partial charge in [-0.15, -0.1) is 11.3 Å². The number of hydrogen-bond acceptors (Lipinski definition) is 4. The summed E-state index contributed by atoms with van der Waals surface area (Å²) in [6, 6.07) is 0.143. The van der Waals surface area contributed by atoms with Gasteiger partial charge in [0.05, 0.1) is 23.9 Å². The molecule has 0 aliphatic carbocycles. The minimum absolute atomic E-state index is 0.143. The van der Waals surface area contributed by atoms with E-state index >= 15 is 0 Å². The van der Waals surface area contributed by atoms with E-state index in [0.29, 0.717) is 5.92 Å². The Morgan fingerprint density at radius 1 is 1.37 bits per heavy atom. The second-order valence-corrected chi connectivity index (χ2v) is 5.75. The van der Waals surface area contributed by atoms with Crippen LogP contribution in [0, 0.1) is 0 Å². The average Bonchev–Trinajstić information content (AvgIpc) is 3.04. The van der Waals surface area contributed by atoms with E-state index < -0.39 is 0 Å². The first-order valence-corrected chi connectivity index (χ1v) is 7.74. The Hall–Kier alpha value is -1.20. The Bertz CT molecular complexity index is 515. The van der Waals surface area contributed by atoms with E-state index in [1.54, 1.807) is 11.3 Å². The molecule has 0 aliphatic heterocycles. The van der Waals surface area contributed by atoms with Crippen molar-refractivity contribution in [1.82, 2.24) is 19.9 Å². The van der Waals surface area contributed by atoms with Gasteiger partial charge < -0.3 is 9.88 Å². The summed E-state index contributed by atoms with van der Waals surface area (Å²) < 4.78 is 2.17. The summed E-state index contributed by atoms with van der Waals surface area (Å²) in [5.41, 5.74) is 2.36. The van der Waals surface area contributed by atoms with Gasteiger partial charge in [0.15, 0.2) is 0 Å². The molecule has 0 saturated heterocycles. The summed E-state index contributed by atoms with van der Waals surface area (Å²) in [4.78, 5) is 9.04. The van der Waals surface area contributed by atoms with E-state index in [-0.39, 0.29) is 6.04 Å². The molecule has 0 bridgehead atoms. The Morgan fingerprint density at radius 3 is 2.74 bits per heavy atom. The molecule has 1 atom stereocenters. The van der Waals surface area contributed by atoms with Crippen LogP contribution in [-0.4, -0.2) is 21.1 Å². The Balaban J connectivity index is 2.33. The summed E-state index contributed by atoms with van der Waals surface area (Å²) in [5, 5.41) is 6.80. The van der Waals surface area contributed by atoms with E-state index in [4.69, 9.17) is 4.98 Å². The van der Waals surface area contributed by atoms with Gasteiger partial charge in [-0.05, 0) is 19.4 Å². The second kappa shape index (κ2) is 6.30. The molecule has 1 unspecified atom stereocenters. The maximum Gasteiger partial charge on any atom is 0.116 e. The van der Waals surface area contributed by atoms with Gasteiger partial charge in [-0.2, -0.15) is 0 Å². The lowest BCUT2D eigenvalue weighted by molar-refractivity contribution is 0.570. The monoisotopic (exact) mass is 278 g/mol. The first kappa shape index (κ1) is 14.2. The molecule has 2 rings (SSSR count). The van der Waals surface area contributed by atoms with Gasteiger partial charge in [-0.1, -0.05) is 20.8 Å². The molecule has 104 valence electrons. The lowest BCUT2D eigenvalue weighted by Gasteiger charge is -2.17. The first-order valence-electron chi connectivity index (χ1n) is 6.86. The van der Waals surface area contributed by atoms with Gasteiger partial charge in [0.25, 0.3) is 0 Å². The average molecular weight is 278 g/mol. The Kier molecular flexibility index (Phi) is 4.71. The number of nitrogens with one attached hydrogen (secondary N) is 1. The van der Waals surface area contributed by atoms with E-state index in [1.165, 1.54) is 11.4 Å². The minimum Gasteiger partial charge on any atom is -0.333 e. The van der Waals surface area contributed by atoms with Crippen LogP contribution in [0.1, 0.15) is 56.1 Å². The third-order valence-corrected chi connectivity index (χ3v) is 4.10. The van der Waals surface area contributed by atoms with Crippen LogP contribution >= 0.6 is 11.3 Å². The highest BCUT2D eigenvalue weighted by Crippen LogP contribution is 2.27. The predicted octanol–water partition coefficient (Wildman–Crippen LogP) is 3.18. The summed E-state index contributed by atoms with van der Waals surface area (Å²) in [5.74, 6) is 0.475. The third-order valence-electron chi connectivity index (χ3n) is 3.17. The van der Waals surface area contributed by atoms with E-state index in [2.05, 4.69) is 47.9 Å². The molecule has 0 saturated carbocycles. The fourth-order valence-corrected chi connectivity index (χ4v) is 3.12. The molecule has 2 aromatic rings. The molecule has 0 amide bonds. The zero-order chi connectivity index (χ0) is 13.8. The molecule has 4 nitrogen and oxygen atoms in total. The predicted molar refractivity (Wildman–Crippen MR) is 79.6 cm³/mol. The lowest BCUT2D eigenvalue weighted by atomic mass is 10.1. The number of rotatable bonds is 6. The van der Waals surface area contributed by atoms with Crippen LogP contribution in [-0.2, 0) is 6.54 Å². The normalized spacial score (nSPS) is 13.1. The van der Waals surface area contributed by atoms with Crippen LogP contribution in [0.3, 0.4) is 0 Å². The molecular formula is C14H22N4S.